The summed E-state index contributed by atoms with van der Waals surface area (Å²) < 4.78 is 0.571. The number of hydrogen-bond acceptors (Lipinski definition) is 4. The van der Waals surface area contributed by atoms with Gasteiger partial charge in [0.1, 0.15) is 5.82 Å². The van der Waals surface area contributed by atoms with Gasteiger partial charge in [0.2, 0.25) is 5.91 Å². The number of halogens is 1. The summed E-state index contributed by atoms with van der Waals surface area (Å²) in [4.78, 5) is 28.2. The summed E-state index contributed by atoms with van der Waals surface area (Å²) in [5.41, 5.74) is 1.01. The van der Waals surface area contributed by atoms with E-state index >= 15 is 0 Å². The van der Waals surface area contributed by atoms with Crippen molar-refractivity contribution in [1.82, 2.24) is 4.98 Å². The number of amides is 1. The Labute approximate surface area is 125 Å². The molecule has 0 unspecified atom stereocenters. The molecule has 0 radical (unpaired) electrons. The van der Waals surface area contributed by atoms with E-state index < -0.39 is 0 Å². The zero-order valence-electron chi connectivity index (χ0n) is 10.9. The smallest absolute Gasteiger partial charge is 0.225 e. The van der Waals surface area contributed by atoms with Gasteiger partial charge < -0.3 is 5.32 Å². The molecule has 2 aromatic heterocycles. The van der Waals surface area contributed by atoms with E-state index in [1.165, 1.54) is 11.3 Å². The fraction of sp³-hybridized carbons (Fsp3) is 0.214. The van der Waals surface area contributed by atoms with E-state index in [-0.39, 0.29) is 24.5 Å². The Balaban J connectivity index is 1.85. The highest BCUT2D eigenvalue weighted by Crippen LogP contribution is 2.22. The molecule has 0 aliphatic rings. The number of aromatic nitrogens is 1. The first kappa shape index (κ1) is 14.7. The average Bonchev–Trinajstić information content (AvgIpc) is 2.83. The first-order chi connectivity index (χ1) is 9.54. The lowest BCUT2D eigenvalue weighted by atomic mass is 10.2. The third kappa shape index (κ3) is 4.15. The van der Waals surface area contributed by atoms with Gasteiger partial charge in [-0.3, -0.25) is 9.59 Å². The van der Waals surface area contributed by atoms with Crippen LogP contribution < -0.4 is 5.32 Å². The van der Waals surface area contributed by atoms with Crippen LogP contribution >= 0.6 is 22.9 Å². The SMILES string of the molecule is Cc1ccnc(NC(=O)CCC(=O)c2ccc(Cl)s2)c1. The Morgan fingerprint density at radius 2 is 2.10 bits per heavy atom. The minimum Gasteiger partial charge on any atom is -0.311 e. The summed E-state index contributed by atoms with van der Waals surface area (Å²) in [6.07, 6.45) is 1.92. The number of anilines is 1. The molecule has 4 nitrogen and oxygen atoms in total. The number of thiophene rings is 1. The maximum Gasteiger partial charge on any atom is 0.225 e. The van der Waals surface area contributed by atoms with E-state index in [9.17, 15) is 9.59 Å². The number of aryl methyl sites for hydroxylation is 1. The van der Waals surface area contributed by atoms with Crippen LogP contribution in [0, 0.1) is 6.92 Å². The Morgan fingerprint density at radius 3 is 2.75 bits per heavy atom. The Kier molecular flexibility index (Phi) is 4.87. The first-order valence-electron chi connectivity index (χ1n) is 6.05. The topological polar surface area (TPSA) is 59.1 Å². The maximum atomic E-state index is 11.8. The maximum absolute atomic E-state index is 11.8. The van der Waals surface area contributed by atoms with Crippen molar-refractivity contribution in [2.75, 3.05) is 5.32 Å². The molecule has 0 saturated heterocycles. The van der Waals surface area contributed by atoms with Crippen molar-refractivity contribution in [3.8, 4) is 0 Å². The van der Waals surface area contributed by atoms with Crippen LogP contribution in [0.15, 0.2) is 30.5 Å². The van der Waals surface area contributed by atoms with Crippen molar-refractivity contribution >= 4 is 40.4 Å². The molecule has 0 aliphatic carbocycles. The number of rotatable bonds is 5. The number of carbonyl (C=O) groups is 2. The van der Waals surface area contributed by atoms with Crippen LogP contribution in [0.1, 0.15) is 28.1 Å². The molecule has 2 rings (SSSR count). The zero-order chi connectivity index (χ0) is 14.5. The highest BCUT2D eigenvalue weighted by Gasteiger charge is 2.11. The molecule has 1 amide bonds. The molecule has 0 atom stereocenters. The van der Waals surface area contributed by atoms with Crippen LogP contribution in [0.25, 0.3) is 0 Å². The molecule has 2 heterocycles. The van der Waals surface area contributed by atoms with Crippen LogP contribution in [0.4, 0.5) is 5.82 Å². The summed E-state index contributed by atoms with van der Waals surface area (Å²) in [7, 11) is 0. The second kappa shape index (κ2) is 6.63. The number of hydrogen-bond donors (Lipinski definition) is 1. The van der Waals surface area contributed by atoms with E-state index in [1.807, 2.05) is 13.0 Å². The van der Waals surface area contributed by atoms with E-state index in [1.54, 1.807) is 24.4 Å². The van der Waals surface area contributed by atoms with Gasteiger partial charge in [-0.05, 0) is 36.8 Å². The molecular weight excluding hydrogens is 296 g/mol. The predicted octanol–water partition coefficient (Wildman–Crippen LogP) is 3.71. The van der Waals surface area contributed by atoms with Crippen molar-refractivity contribution in [1.29, 1.82) is 0 Å². The minimum absolute atomic E-state index is 0.0748. The van der Waals surface area contributed by atoms with Crippen molar-refractivity contribution in [2.24, 2.45) is 0 Å². The van der Waals surface area contributed by atoms with Crippen LogP contribution in [0.3, 0.4) is 0 Å². The van der Waals surface area contributed by atoms with E-state index in [4.69, 9.17) is 11.6 Å². The third-order valence-electron chi connectivity index (χ3n) is 2.61. The third-order valence-corrected chi connectivity index (χ3v) is 3.88. The molecule has 0 aromatic carbocycles. The lowest BCUT2D eigenvalue weighted by Gasteiger charge is -2.04. The van der Waals surface area contributed by atoms with Crippen molar-refractivity contribution < 1.29 is 9.59 Å². The lowest BCUT2D eigenvalue weighted by molar-refractivity contribution is -0.116. The normalized spacial score (nSPS) is 10.3. The largest absolute Gasteiger partial charge is 0.311 e. The Morgan fingerprint density at radius 1 is 1.30 bits per heavy atom. The molecule has 20 heavy (non-hydrogen) atoms. The average molecular weight is 309 g/mol. The standard InChI is InChI=1S/C14H13ClN2O2S/c1-9-6-7-16-13(8-9)17-14(19)5-2-10(18)11-3-4-12(15)20-11/h3-4,6-8H,2,5H2,1H3,(H,16,17,19). The second-order valence-electron chi connectivity index (χ2n) is 4.29. The number of pyridine rings is 1. The molecular formula is C14H13ClN2O2S. The molecule has 0 aliphatic heterocycles. The Bertz CT molecular complexity index is 640. The number of nitrogens with one attached hydrogen (secondary N) is 1. The minimum atomic E-state index is -0.223. The second-order valence-corrected chi connectivity index (χ2v) is 6.01. The van der Waals surface area contributed by atoms with Crippen molar-refractivity contribution in [3.63, 3.8) is 0 Å². The van der Waals surface area contributed by atoms with Gasteiger partial charge in [-0.2, -0.15) is 0 Å². The lowest BCUT2D eigenvalue weighted by Crippen LogP contribution is -2.14. The molecule has 2 aromatic rings. The number of carbonyl (C=O) groups excluding carboxylic acids is 2. The quantitative estimate of drug-likeness (QED) is 0.857. The van der Waals surface area contributed by atoms with E-state index in [0.717, 1.165) is 5.56 Å². The summed E-state index contributed by atoms with van der Waals surface area (Å²) in [5.74, 6) is 0.204. The highest BCUT2D eigenvalue weighted by atomic mass is 35.5. The number of Topliss-reactive ketones (excluding diaryl/α,β-unsaturated/α-hetero) is 1. The molecule has 0 fully saturated rings. The van der Waals surface area contributed by atoms with Gasteiger partial charge in [0.05, 0.1) is 9.21 Å². The molecule has 0 saturated carbocycles. The van der Waals surface area contributed by atoms with Gasteiger partial charge in [0, 0.05) is 19.0 Å². The fourth-order valence-corrected chi connectivity index (χ4v) is 2.63. The van der Waals surface area contributed by atoms with Crippen LogP contribution in [0.2, 0.25) is 4.34 Å². The van der Waals surface area contributed by atoms with E-state index in [2.05, 4.69) is 10.3 Å². The first-order valence-corrected chi connectivity index (χ1v) is 7.25. The molecule has 0 spiro atoms. The predicted molar refractivity (Wildman–Crippen MR) is 80.5 cm³/mol. The van der Waals surface area contributed by atoms with Crippen LogP contribution in [-0.4, -0.2) is 16.7 Å². The highest BCUT2D eigenvalue weighted by molar-refractivity contribution is 7.18. The van der Waals surface area contributed by atoms with Gasteiger partial charge in [0.25, 0.3) is 0 Å². The summed E-state index contributed by atoms with van der Waals surface area (Å²) in [6, 6.07) is 6.98. The van der Waals surface area contributed by atoms with Crippen LogP contribution in [-0.2, 0) is 4.79 Å². The zero-order valence-corrected chi connectivity index (χ0v) is 12.4. The van der Waals surface area contributed by atoms with Crippen molar-refractivity contribution in [2.45, 2.75) is 19.8 Å². The Hall–Kier alpha value is -1.72. The number of nitrogens with zero attached hydrogens (tertiary/aromatic N) is 1. The molecule has 0 bridgehead atoms. The van der Waals surface area contributed by atoms with E-state index in [0.29, 0.717) is 15.0 Å². The summed E-state index contributed by atoms with van der Waals surface area (Å²) in [6.45, 7) is 1.92. The van der Waals surface area contributed by atoms with Gasteiger partial charge in [0.15, 0.2) is 5.78 Å². The van der Waals surface area contributed by atoms with Gasteiger partial charge >= 0.3 is 0 Å². The van der Waals surface area contributed by atoms with Gasteiger partial charge in [-0.1, -0.05) is 11.6 Å². The van der Waals surface area contributed by atoms with Crippen LogP contribution in [0.5, 0.6) is 0 Å². The molecule has 6 heteroatoms. The van der Waals surface area contributed by atoms with Gasteiger partial charge in [-0.15, -0.1) is 11.3 Å². The monoisotopic (exact) mass is 308 g/mol. The fourth-order valence-electron chi connectivity index (χ4n) is 1.62. The summed E-state index contributed by atoms with van der Waals surface area (Å²) >= 11 is 6.99. The molecule has 104 valence electrons. The van der Waals surface area contributed by atoms with Gasteiger partial charge in [-0.25, -0.2) is 4.98 Å². The number of ketones is 1. The summed E-state index contributed by atoms with van der Waals surface area (Å²) in [5, 5.41) is 2.67. The van der Waals surface area contributed by atoms with Crippen molar-refractivity contribution in [3.05, 3.63) is 45.2 Å². The molecule has 1 N–H and O–H groups in total.